The van der Waals surface area contributed by atoms with Crippen molar-refractivity contribution in [2.45, 2.75) is 19.8 Å². The normalized spacial score (nSPS) is 10.6. The van der Waals surface area contributed by atoms with E-state index in [-0.39, 0.29) is 29.1 Å². The number of halogens is 2. The molecule has 88 valence electrons. The van der Waals surface area contributed by atoms with Gasteiger partial charge in [-0.1, -0.05) is 0 Å². The van der Waals surface area contributed by atoms with Gasteiger partial charge in [0.15, 0.2) is 0 Å². The van der Waals surface area contributed by atoms with Crippen LogP contribution in [0, 0.1) is 6.92 Å². The number of alkyl halides is 2. The van der Waals surface area contributed by atoms with Crippen molar-refractivity contribution in [3.8, 4) is 5.88 Å². The third kappa shape index (κ3) is 2.65. The monoisotopic (exact) mass is 231 g/mol. The molecule has 6 heteroatoms. The summed E-state index contributed by atoms with van der Waals surface area (Å²) >= 11 is 0. The number of methoxy groups -OCH3 is 1. The number of carboxylic acids is 1. The first-order chi connectivity index (χ1) is 7.45. The molecule has 0 atom stereocenters. The molecule has 0 amide bonds. The lowest BCUT2D eigenvalue weighted by Crippen LogP contribution is -2.06. The average Bonchev–Trinajstić information content (AvgIpc) is 2.14. The van der Waals surface area contributed by atoms with Gasteiger partial charge in [-0.15, -0.1) is 0 Å². The predicted octanol–water partition coefficient (Wildman–Crippen LogP) is 1.96. The first kappa shape index (κ1) is 12.4. The molecule has 1 N–H and O–H groups in total. The molecule has 0 aliphatic heterocycles. The van der Waals surface area contributed by atoms with E-state index in [1.54, 1.807) is 0 Å². The van der Waals surface area contributed by atoms with Crippen molar-refractivity contribution >= 4 is 5.97 Å². The molecular formula is C10H11F2NO3. The smallest absolute Gasteiger partial charge is 0.309 e. The fourth-order valence-electron chi connectivity index (χ4n) is 1.39. The second kappa shape index (κ2) is 4.87. The minimum absolute atomic E-state index is 0.200. The van der Waals surface area contributed by atoms with E-state index >= 15 is 0 Å². The molecule has 0 unspecified atom stereocenters. The molecule has 16 heavy (non-hydrogen) atoms. The molecule has 0 aromatic carbocycles. The van der Waals surface area contributed by atoms with Gasteiger partial charge < -0.3 is 9.84 Å². The Morgan fingerprint density at radius 1 is 1.62 bits per heavy atom. The molecule has 1 aromatic heterocycles. The lowest BCUT2D eigenvalue weighted by atomic mass is 10.1. The summed E-state index contributed by atoms with van der Waals surface area (Å²) in [5.41, 5.74) is 0.181. The molecule has 0 saturated heterocycles. The number of hydrogen-bond acceptors (Lipinski definition) is 3. The van der Waals surface area contributed by atoms with Crippen molar-refractivity contribution < 1.29 is 23.4 Å². The highest BCUT2D eigenvalue weighted by Gasteiger charge is 2.19. The maximum absolute atomic E-state index is 12.6. The van der Waals surface area contributed by atoms with Crippen molar-refractivity contribution in [3.05, 3.63) is 22.9 Å². The average molecular weight is 231 g/mol. The van der Waals surface area contributed by atoms with Gasteiger partial charge in [0, 0.05) is 0 Å². The van der Waals surface area contributed by atoms with Gasteiger partial charge in [0.25, 0.3) is 6.43 Å². The molecule has 0 bridgehead atoms. The molecular weight excluding hydrogens is 220 g/mol. The van der Waals surface area contributed by atoms with Crippen LogP contribution in [0.1, 0.15) is 23.2 Å². The molecule has 4 nitrogen and oxygen atoms in total. The largest absolute Gasteiger partial charge is 0.481 e. The third-order valence-corrected chi connectivity index (χ3v) is 2.03. The maximum atomic E-state index is 12.6. The van der Waals surface area contributed by atoms with Crippen molar-refractivity contribution in [2.24, 2.45) is 0 Å². The van der Waals surface area contributed by atoms with E-state index in [0.29, 0.717) is 0 Å². The van der Waals surface area contributed by atoms with Crippen LogP contribution in [-0.4, -0.2) is 23.2 Å². The Morgan fingerprint density at radius 3 is 2.69 bits per heavy atom. The first-order valence-corrected chi connectivity index (χ1v) is 4.50. The Balaban J connectivity index is 3.20. The zero-order valence-corrected chi connectivity index (χ0v) is 8.83. The Labute approximate surface area is 90.9 Å². The summed E-state index contributed by atoms with van der Waals surface area (Å²) in [5.74, 6) is -1.29. The number of nitrogens with zero attached hydrogens (tertiary/aromatic N) is 1. The molecule has 0 aliphatic rings. The van der Waals surface area contributed by atoms with Crippen LogP contribution < -0.4 is 4.74 Å². The predicted molar refractivity (Wildman–Crippen MR) is 51.8 cm³/mol. The van der Waals surface area contributed by atoms with E-state index in [4.69, 9.17) is 9.84 Å². The van der Waals surface area contributed by atoms with Crippen LogP contribution in [-0.2, 0) is 11.2 Å². The highest BCUT2D eigenvalue weighted by atomic mass is 19.3. The second-order valence-corrected chi connectivity index (χ2v) is 3.22. The number of carbonyl (C=O) groups is 1. The molecule has 1 heterocycles. The topological polar surface area (TPSA) is 59.4 Å². The van der Waals surface area contributed by atoms with Gasteiger partial charge in [-0.05, 0) is 18.6 Å². The summed E-state index contributed by atoms with van der Waals surface area (Å²) in [5, 5.41) is 8.57. The number of aryl methyl sites for hydroxylation is 1. The Bertz CT molecular complexity index is 407. The van der Waals surface area contributed by atoms with Gasteiger partial charge in [0.2, 0.25) is 5.88 Å². The van der Waals surface area contributed by atoms with Crippen LogP contribution in [0.4, 0.5) is 8.78 Å². The van der Waals surface area contributed by atoms with Crippen LogP contribution in [0.15, 0.2) is 6.07 Å². The number of pyridine rings is 1. The third-order valence-electron chi connectivity index (χ3n) is 2.03. The van der Waals surface area contributed by atoms with E-state index in [1.807, 2.05) is 0 Å². The molecule has 1 aromatic rings. The van der Waals surface area contributed by atoms with Gasteiger partial charge in [-0.25, -0.2) is 13.8 Å². The highest BCUT2D eigenvalue weighted by molar-refractivity contribution is 5.69. The lowest BCUT2D eigenvalue weighted by molar-refractivity contribution is -0.136. The molecule has 0 fully saturated rings. The summed E-state index contributed by atoms with van der Waals surface area (Å²) < 4.78 is 30.0. The van der Waals surface area contributed by atoms with Crippen LogP contribution in [0.3, 0.4) is 0 Å². The number of hydrogen-bond donors (Lipinski definition) is 1. The summed E-state index contributed by atoms with van der Waals surface area (Å²) in [6.45, 7) is 1.47. The van der Waals surface area contributed by atoms with E-state index in [0.717, 1.165) is 0 Å². The fourth-order valence-corrected chi connectivity index (χ4v) is 1.39. The van der Waals surface area contributed by atoms with Gasteiger partial charge in [-0.3, -0.25) is 4.79 Å². The second-order valence-electron chi connectivity index (χ2n) is 3.22. The standard InChI is InChI=1S/C10H11F2NO3/c1-5-3-6(4-7(14)15)13-10(16-2)8(5)9(11)12/h3,9H,4H2,1-2H3,(H,14,15). The Morgan fingerprint density at radius 2 is 2.25 bits per heavy atom. The Hall–Kier alpha value is -1.72. The van der Waals surface area contributed by atoms with Gasteiger partial charge in [-0.2, -0.15) is 0 Å². The lowest BCUT2D eigenvalue weighted by Gasteiger charge is -2.11. The van der Waals surface area contributed by atoms with Crippen molar-refractivity contribution in [3.63, 3.8) is 0 Å². The molecule has 0 spiro atoms. The zero-order chi connectivity index (χ0) is 12.3. The quantitative estimate of drug-likeness (QED) is 0.860. The number of ether oxygens (including phenoxy) is 1. The van der Waals surface area contributed by atoms with Crippen LogP contribution in [0.25, 0.3) is 0 Å². The molecule has 0 radical (unpaired) electrons. The van der Waals surface area contributed by atoms with Crippen molar-refractivity contribution in [1.82, 2.24) is 4.98 Å². The van der Waals surface area contributed by atoms with Crippen LogP contribution >= 0.6 is 0 Å². The number of aromatic nitrogens is 1. The van der Waals surface area contributed by atoms with E-state index in [1.165, 1.54) is 20.1 Å². The summed E-state index contributed by atoms with van der Waals surface area (Å²) in [7, 11) is 1.22. The SMILES string of the molecule is COc1nc(CC(=O)O)cc(C)c1C(F)F. The van der Waals surface area contributed by atoms with E-state index in [9.17, 15) is 13.6 Å². The number of rotatable bonds is 4. The maximum Gasteiger partial charge on any atom is 0.309 e. The molecule has 0 aliphatic carbocycles. The van der Waals surface area contributed by atoms with E-state index < -0.39 is 12.4 Å². The van der Waals surface area contributed by atoms with Gasteiger partial charge in [0.1, 0.15) is 0 Å². The molecule has 1 rings (SSSR count). The summed E-state index contributed by atoms with van der Waals surface area (Å²) in [4.78, 5) is 14.2. The minimum atomic E-state index is -2.69. The zero-order valence-electron chi connectivity index (χ0n) is 8.83. The number of aliphatic carboxylic acids is 1. The summed E-state index contributed by atoms with van der Waals surface area (Å²) in [6.07, 6.45) is -3.01. The fraction of sp³-hybridized carbons (Fsp3) is 0.400. The van der Waals surface area contributed by atoms with Gasteiger partial charge >= 0.3 is 5.97 Å². The number of carboxylic acid groups (broad SMARTS) is 1. The summed E-state index contributed by atoms with van der Waals surface area (Å²) in [6, 6.07) is 1.33. The van der Waals surface area contributed by atoms with Crippen molar-refractivity contribution in [2.75, 3.05) is 7.11 Å². The molecule has 0 saturated carbocycles. The minimum Gasteiger partial charge on any atom is -0.481 e. The highest BCUT2D eigenvalue weighted by Crippen LogP contribution is 2.30. The van der Waals surface area contributed by atoms with Gasteiger partial charge in [0.05, 0.1) is 24.8 Å². The first-order valence-electron chi connectivity index (χ1n) is 4.50. The van der Waals surface area contributed by atoms with Crippen molar-refractivity contribution in [1.29, 1.82) is 0 Å². The van der Waals surface area contributed by atoms with Crippen LogP contribution in [0.2, 0.25) is 0 Å². The Kier molecular flexibility index (Phi) is 3.76. The van der Waals surface area contributed by atoms with Crippen LogP contribution in [0.5, 0.6) is 5.88 Å². The van der Waals surface area contributed by atoms with E-state index in [2.05, 4.69) is 4.98 Å².